The summed E-state index contributed by atoms with van der Waals surface area (Å²) in [5.74, 6) is 2.11. The Bertz CT molecular complexity index is 720. The Hall–Kier alpha value is -0.863. The smallest absolute Gasteiger partial charge is 0.192 e. The molecule has 0 radical (unpaired) electrons. The molecule has 0 amide bonds. The summed E-state index contributed by atoms with van der Waals surface area (Å²) in [7, 11) is -1.65. The molecule has 4 unspecified atom stereocenters. The van der Waals surface area contributed by atoms with Gasteiger partial charge in [0.1, 0.15) is 0 Å². The molecule has 1 fully saturated rings. The normalized spacial score (nSPS) is 32.7. The van der Waals surface area contributed by atoms with Gasteiger partial charge in [-0.25, -0.2) is 0 Å². The van der Waals surface area contributed by atoms with Crippen molar-refractivity contribution in [2.24, 2.45) is 23.2 Å². The van der Waals surface area contributed by atoms with Crippen molar-refractivity contribution in [2.45, 2.75) is 110 Å². The summed E-state index contributed by atoms with van der Waals surface area (Å²) >= 11 is 0. The molecular formula is C29H46OSi. The minimum Gasteiger partial charge on any atom is -0.410 e. The van der Waals surface area contributed by atoms with E-state index in [2.05, 4.69) is 64.2 Å². The third-order valence-corrected chi connectivity index (χ3v) is 14.1. The first kappa shape index (κ1) is 23.3. The van der Waals surface area contributed by atoms with Crippen molar-refractivity contribution in [1.82, 2.24) is 0 Å². The Morgan fingerprint density at radius 1 is 0.968 bits per heavy atom. The van der Waals surface area contributed by atoms with Crippen LogP contribution in [0.25, 0.3) is 0 Å². The van der Waals surface area contributed by atoms with Crippen molar-refractivity contribution in [3.63, 3.8) is 0 Å². The van der Waals surface area contributed by atoms with Gasteiger partial charge in [0.05, 0.1) is 6.10 Å². The van der Waals surface area contributed by atoms with Crippen LogP contribution in [0.3, 0.4) is 0 Å². The minimum atomic E-state index is -1.65. The highest BCUT2D eigenvalue weighted by atomic mass is 28.4. The molecule has 172 valence electrons. The summed E-state index contributed by atoms with van der Waals surface area (Å²) in [6.45, 7) is 9.51. The maximum absolute atomic E-state index is 7.36. The van der Waals surface area contributed by atoms with Gasteiger partial charge in [-0.2, -0.15) is 0 Å². The molecule has 31 heavy (non-hydrogen) atoms. The summed E-state index contributed by atoms with van der Waals surface area (Å²) in [6, 6.07) is 3.77. The summed E-state index contributed by atoms with van der Waals surface area (Å²) in [4.78, 5) is 0. The highest BCUT2D eigenvalue weighted by Gasteiger charge is 2.52. The lowest BCUT2D eigenvalue weighted by Crippen LogP contribution is -2.48. The van der Waals surface area contributed by atoms with Crippen LogP contribution in [0.15, 0.2) is 47.6 Å². The van der Waals surface area contributed by atoms with Crippen LogP contribution in [0.4, 0.5) is 0 Å². The highest BCUT2D eigenvalue weighted by molar-refractivity contribution is 6.73. The second-order valence-corrected chi connectivity index (χ2v) is 15.6. The molecule has 0 bridgehead atoms. The lowest BCUT2D eigenvalue weighted by atomic mass is 9.57. The summed E-state index contributed by atoms with van der Waals surface area (Å²) in [6.07, 6.45) is 27.3. The second kappa shape index (κ2) is 9.95. The van der Waals surface area contributed by atoms with Crippen LogP contribution < -0.4 is 0 Å². The SMILES string of the molecule is CCCCCC1(C2C=CC=C2)CC(O[Si](CC)(CC)CC)C2=CC3=CCCCC3C2C1. The number of allylic oxidation sites excluding steroid dienone is 7. The van der Waals surface area contributed by atoms with Crippen molar-refractivity contribution in [1.29, 1.82) is 0 Å². The Kier molecular flexibility index (Phi) is 7.48. The molecule has 0 spiro atoms. The molecule has 4 atom stereocenters. The monoisotopic (exact) mass is 438 g/mol. The summed E-state index contributed by atoms with van der Waals surface area (Å²) < 4.78 is 7.36. The van der Waals surface area contributed by atoms with E-state index < -0.39 is 8.32 Å². The van der Waals surface area contributed by atoms with Gasteiger partial charge >= 0.3 is 0 Å². The molecule has 4 aliphatic rings. The zero-order chi connectivity index (χ0) is 21.9. The number of rotatable bonds is 10. The Morgan fingerprint density at radius 2 is 1.71 bits per heavy atom. The van der Waals surface area contributed by atoms with Crippen LogP contribution in [0.5, 0.6) is 0 Å². The van der Waals surface area contributed by atoms with Crippen molar-refractivity contribution < 1.29 is 4.43 Å². The minimum absolute atomic E-state index is 0.362. The van der Waals surface area contributed by atoms with Crippen LogP contribution in [0.2, 0.25) is 18.1 Å². The van der Waals surface area contributed by atoms with Gasteiger partial charge in [0.2, 0.25) is 0 Å². The molecule has 0 aliphatic heterocycles. The lowest BCUT2D eigenvalue weighted by Gasteiger charge is -2.51. The van der Waals surface area contributed by atoms with Crippen LogP contribution in [0.1, 0.15) is 85.5 Å². The van der Waals surface area contributed by atoms with E-state index in [1.807, 2.05) is 0 Å². The van der Waals surface area contributed by atoms with Crippen LogP contribution >= 0.6 is 0 Å². The number of unbranched alkanes of at least 4 members (excludes halogenated alkanes) is 2. The van der Waals surface area contributed by atoms with Gasteiger partial charge < -0.3 is 4.43 Å². The van der Waals surface area contributed by atoms with E-state index in [1.54, 1.807) is 11.1 Å². The molecule has 2 heteroatoms. The maximum atomic E-state index is 7.36. The zero-order valence-electron chi connectivity index (χ0n) is 20.7. The Labute approximate surface area is 193 Å². The number of hydrogen-bond acceptors (Lipinski definition) is 1. The van der Waals surface area contributed by atoms with E-state index in [1.165, 1.54) is 75.9 Å². The molecule has 0 aromatic carbocycles. The predicted molar refractivity (Wildman–Crippen MR) is 137 cm³/mol. The third kappa shape index (κ3) is 4.49. The predicted octanol–water partition coefficient (Wildman–Crippen LogP) is 8.76. The second-order valence-electron chi connectivity index (χ2n) is 10.9. The standard InChI is InChI=1S/C29H46OSi/c1-5-9-14-19-29(24-16-11-12-17-24)21-27-25-18-13-10-15-23(25)20-26(27)28(22-29)30-31(6-2,7-3)8-4/h11-12,15-17,20,24-25,27-28H,5-10,13-14,18-19,21-22H2,1-4H3. The summed E-state index contributed by atoms with van der Waals surface area (Å²) in [5.41, 5.74) is 3.74. The van der Waals surface area contributed by atoms with Gasteiger partial charge in [-0.3, -0.25) is 0 Å². The van der Waals surface area contributed by atoms with Gasteiger partial charge in [-0.1, -0.05) is 83.4 Å². The fourth-order valence-electron chi connectivity index (χ4n) is 7.28. The molecule has 0 aromatic rings. The fourth-order valence-corrected chi connectivity index (χ4v) is 10.1. The van der Waals surface area contributed by atoms with E-state index in [0.717, 1.165) is 11.8 Å². The highest BCUT2D eigenvalue weighted by Crippen LogP contribution is 2.59. The maximum Gasteiger partial charge on any atom is 0.192 e. The number of hydrogen-bond donors (Lipinski definition) is 0. The topological polar surface area (TPSA) is 9.23 Å². The zero-order valence-corrected chi connectivity index (χ0v) is 21.7. The molecule has 0 N–H and O–H groups in total. The molecule has 0 heterocycles. The van der Waals surface area contributed by atoms with Gasteiger partial charge in [-0.15, -0.1) is 0 Å². The first-order valence-corrected chi connectivity index (χ1v) is 16.1. The van der Waals surface area contributed by atoms with Crippen LogP contribution in [0, 0.1) is 23.2 Å². The Morgan fingerprint density at radius 3 is 2.39 bits per heavy atom. The molecule has 1 saturated carbocycles. The van der Waals surface area contributed by atoms with Gasteiger partial charge in [-0.05, 0) is 85.1 Å². The van der Waals surface area contributed by atoms with E-state index in [-0.39, 0.29) is 0 Å². The molecule has 0 saturated heterocycles. The average molecular weight is 439 g/mol. The number of fused-ring (bicyclic) bond motifs is 3. The van der Waals surface area contributed by atoms with E-state index in [9.17, 15) is 0 Å². The first-order valence-electron chi connectivity index (χ1n) is 13.5. The summed E-state index contributed by atoms with van der Waals surface area (Å²) in [5, 5.41) is 0. The lowest BCUT2D eigenvalue weighted by molar-refractivity contribution is 0.0342. The van der Waals surface area contributed by atoms with Crippen LogP contribution in [-0.2, 0) is 4.43 Å². The van der Waals surface area contributed by atoms with Gasteiger partial charge in [0.15, 0.2) is 8.32 Å². The van der Waals surface area contributed by atoms with Crippen molar-refractivity contribution >= 4 is 8.32 Å². The largest absolute Gasteiger partial charge is 0.410 e. The quantitative estimate of drug-likeness (QED) is 0.245. The average Bonchev–Trinajstić information content (AvgIpc) is 3.47. The first-order chi connectivity index (χ1) is 15.1. The Balaban J connectivity index is 1.70. The van der Waals surface area contributed by atoms with Crippen molar-refractivity contribution in [2.75, 3.05) is 0 Å². The molecule has 1 nitrogen and oxygen atoms in total. The molecule has 4 aliphatic carbocycles. The molecule has 0 aromatic heterocycles. The van der Waals surface area contributed by atoms with Gasteiger partial charge in [0, 0.05) is 5.92 Å². The van der Waals surface area contributed by atoms with Crippen LogP contribution in [-0.4, -0.2) is 14.4 Å². The third-order valence-electron chi connectivity index (χ3n) is 9.42. The van der Waals surface area contributed by atoms with E-state index in [4.69, 9.17) is 4.43 Å². The van der Waals surface area contributed by atoms with Crippen molar-refractivity contribution in [3.8, 4) is 0 Å². The molecule has 4 rings (SSSR count). The van der Waals surface area contributed by atoms with E-state index in [0.29, 0.717) is 17.4 Å². The van der Waals surface area contributed by atoms with Gasteiger partial charge in [0.25, 0.3) is 0 Å². The van der Waals surface area contributed by atoms with E-state index >= 15 is 0 Å². The molecular weight excluding hydrogens is 392 g/mol. The fraction of sp³-hybridized carbons (Fsp3) is 0.724. The van der Waals surface area contributed by atoms with Crippen molar-refractivity contribution in [3.05, 3.63) is 47.6 Å².